The molecule has 1 nitrogen and oxygen atoms in total. The lowest BCUT2D eigenvalue weighted by Gasteiger charge is -2.27. The smallest absolute Gasteiger partial charge is 0.0389 e. The Labute approximate surface area is 122 Å². The highest BCUT2D eigenvalue weighted by Gasteiger charge is 2.20. The van der Waals surface area contributed by atoms with E-state index in [9.17, 15) is 0 Å². The van der Waals surface area contributed by atoms with Gasteiger partial charge >= 0.3 is 0 Å². The number of thioether (sulfide) groups is 1. The Morgan fingerprint density at radius 2 is 2.11 bits per heavy atom. The van der Waals surface area contributed by atoms with Gasteiger partial charge in [0.2, 0.25) is 0 Å². The standard InChI is InChI=1S/C17H27NS/c1-12-5-4-6-15(9-12)19-11-17(18)16-10-13(2)7-8-14(16)3/h7-8,10,12,15,17H,4-6,9,11,18H2,1-3H3. The Morgan fingerprint density at radius 3 is 2.84 bits per heavy atom. The molecular weight excluding hydrogens is 250 g/mol. The summed E-state index contributed by atoms with van der Waals surface area (Å²) in [6.45, 7) is 6.70. The molecule has 19 heavy (non-hydrogen) atoms. The molecule has 0 bridgehead atoms. The summed E-state index contributed by atoms with van der Waals surface area (Å²) in [6, 6.07) is 6.80. The summed E-state index contributed by atoms with van der Waals surface area (Å²) in [5, 5.41) is 0.833. The fourth-order valence-corrected chi connectivity index (χ4v) is 4.48. The first-order valence-corrected chi connectivity index (χ1v) is 8.55. The van der Waals surface area contributed by atoms with E-state index in [1.54, 1.807) is 0 Å². The number of aryl methyl sites for hydroxylation is 2. The first kappa shape index (κ1) is 14.9. The van der Waals surface area contributed by atoms with Gasteiger partial charge in [-0.15, -0.1) is 0 Å². The van der Waals surface area contributed by atoms with E-state index in [2.05, 4.69) is 50.7 Å². The van der Waals surface area contributed by atoms with Crippen molar-refractivity contribution in [3.05, 3.63) is 34.9 Å². The molecule has 2 N–H and O–H groups in total. The zero-order chi connectivity index (χ0) is 13.8. The van der Waals surface area contributed by atoms with E-state index in [0.717, 1.165) is 16.9 Å². The van der Waals surface area contributed by atoms with Crippen molar-refractivity contribution in [3.63, 3.8) is 0 Å². The van der Waals surface area contributed by atoms with Crippen molar-refractivity contribution in [2.75, 3.05) is 5.75 Å². The third kappa shape index (κ3) is 4.25. The van der Waals surface area contributed by atoms with Crippen LogP contribution in [-0.4, -0.2) is 11.0 Å². The molecule has 106 valence electrons. The van der Waals surface area contributed by atoms with Gasteiger partial charge in [0.15, 0.2) is 0 Å². The largest absolute Gasteiger partial charge is 0.323 e. The number of nitrogens with two attached hydrogens (primary N) is 1. The summed E-state index contributed by atoms with van der Waals surface area (Å²) in [5.74, 6) is 1.96. The predicted molar refractivity (Wildman–Crippen MR) is 86.7 cm³/mol. The Morgan fingerprint density at radius 1 is 1.32 bits per heavy atom. The summed E-state index contributed by atoms with van der Waals surface area (Å²) in [7, 11) is 0. The molecule has 1 aromatic carbocycles. The van der Waals surface area contributed by atoms with E-state index < -0.39 is 0 Å². The molecule has 0 amide bonds. The van der Waals surface area contributed by atoms with Crippen molar-refractivity contribution >= 4 is 11.8 Å². The molecule has 0 heterocycles. The minimum atomic E-state index is 0.183. The third-order valence-electron chi connectivity index (χ3n) is 4.23. The summed E-state index contributed by atoms with van der Waals surface area (Å²) in [4.78, 5) is 0. The van der Waals surface area contributed by atoms with Gasteiger partial charge in [-0.1, -0.05) is 43.5 Å². The topological polar surface area (TPSA) is 26.0 Å². The summed E-state index contributed by atoms with van der Waals surface area (Å²) in [5.41, 5.74) is 10.4. The van der Waals surface area contributed by atoms with Crippen LogP contribution in [0.4, 0.5) is 0 Å². The normalized spacial score (nSPS) is 25.3. The number of hydrogen-bond acceptors (Lipinski definition) is 2. The van der Waals surface area contributed by atoms with Gasteiger partial charge in [0.25, 0.3) is 0 Å². The van der Waals surface area contributed by atoms with Crippen LogP contribution in [0.15, 0.2) is 18.2 Å². The quantitative estimate of drug-likeness (QED) is 0.869. The molecule has 3 atom stereocenters. The lowest BCUT2D eigenvalue weighted by atomic mass is 9.91. The van der Waals surface area contributed by atoms with Crippen LogP contribution in [0, 0.1) is 19.8 Å². The number of hydrogen-bond donors (Lipinski definition) is 1. The molecule has 2 rings (SSSR count). The van der Waals surface area contributed by atoms with Gasteiger partial charge in [-0.25, -0.2) is 0 Å². The second-order valence-electron chi connectivity index (χ2n) is 6.19. The molecule has 3 unspecified atom stereocenters. The molecule has 1 saturated carbocycles. The van der Waals surface area contributed by atoms with E-state index in [-0.39, 0.29) is 6.04 Å². The molecule has 0 saturated heterocycles. The summed E-state index contributed by atoms with van der Waals surface area (Å²) >= 11 is 2.09. The zero-order valence-corrected chi connectivity index (χ0v) is 13.3. The summed E-state index contributed by atoms with van der Waals surface area (Å²) < 4.78 is 0. The van der Waals surface area contributed by atoms with Crippen LogP contribution >= 0.6 is 11.8 Å². The van der Waals surface area contributed by atoms with E-state index >= 15 is 0 Å². The van der Waals surface area contributed by atoms with E-state index in [4.69, 9.17) is 5.73 Å². The third-order valence-corrected chi connectivity index (χ3v) is 5.69. The number of rotatable bonds is 4. The molecule has 1 aromatic rings. The van der Waals surface area contributed by atoms with Crippen LogP contribution in [0.2, 0.25) is 0 Å². The Balaban J connectivity index is 1.90. The molecule has 1 aliphatic rings. The lowest BCUT2D eigenvalue weighted by molar-refractivity contribution is 0.394. The van der Waals surface area contributed by atoms with Gasteiger partial charge in [0.05, 0.1) is 0 Å². The highest BCUT2D eigenvalue weighted by molar-refractivity contribution is 7.99. The molecule has 0 aromatic heterocycles. The Bertz CT molecular complexity index is 416. The van der Waals surface area contributed by atoms with Crippen molar-refractivity contribution in [2.45, 2.75) is 57.7 Å². The highest BCUT2D eigenvalue weighted by atomic mass is 32.2. The van der Waals surface area contributed by atoms with Gasteiger partial charge in [0, 0.05) is 17.0 Å². The second kappa shape index (κ2) is 6.81. The molecule has 0 spiro atoms. The van der Waals surface area contributed by atoms with Gasteiger partial charge in [-0.2, -0.15) is 11.8 Å². The SMILES string of the molecule is Cc1ccc(C)c(C(N)CSC2CCCC(C)C2)c1. The minimum absolute atomic E-state index is 0.183. The Kier molecular flexibility index (Phi) is 5.35. The van der Waals surface area contributed by atoms with Gasteiger partial charge in [-0.3, -0.25) is 0 Å². The molecule has 1 fully saturated rings. The fraction of sp³-hybridized carbons (Fsp3) is 0.647. The molecule has 0 aliphatic heterocycles. The second-order valence-corrected chi connectivity index (χ2v) is 7.53. The Hall–Kier alpha value is -0.470. The first-order chi connectivity index (χ1) is 9.06. The summed E-state index contributed by atoms with van der Waals surface area (Å²) in [6.07, 6.45) is 5.58. The van der Waals surface area contributed by atoms with E-state index in [1.807, 2.05) is 0 Å². The predicted octanol–water partition coefficient (Wildman–Crippen LogP) is 4.62. The van der Waals surface area contributed by atoms with Crippen LogP contribution in [0.1, 0.15) is 55.3 Å². The maximum Gasteiger partial charge on any atom is 0.0389 e. The van der Waals surface area contributed by atoms with Crippen LogP contribution in [-0.2, 0) is 0 Å². The lowest BCUT2D eigenvalue weighted by Crippen LogP contribution is -2.20. The maximum absolute atomic E-state index is 6.40. The number of benzene rings is 1. The van der Waals surface area contributed by atoms with Crippen molar-refractivity contribution in [3.8, 4) is 0 Å². The van der Waals surface area contributed by atoms with Crippen LogP contribution in [0.25, 0.3) is 0 Å². The van der Waals surface area contributed by atoms with Crippen molar-refractivity contribution in [2.24, 2.45) is 11.7 Å². The van der Waals surface area contributed by atoms with Crippen molar-refractivity contribution in [1.82, 2.24) is 0 Å². The maximum atomic E-state index is 6.40. The van der Waals surface area contributed by atoms with Gasteiger partial charge in [-0.05, 0) is 43.7 Å². The highest BCUT2D eigenvalue weighted by Crippen LogP contribution is 2.33. The average Bonchev–Trinajstić information content (AvgIpc) is 2.39. The first-order valence-electron chi connectivity index (χ1n) is 7.50. The minimum Gasteiger partial charge on any atom is -0.323 e. The van der Waals surface area contributed by atoms with E-state index in [0.29, 0.717) is 0 Å². The van der Waals surface area contributed by atoms with Crippen molar-refractivity contribution in [1.29, 1.82) is 0 Å². The molecule has 1 aliphatic carbocycles. The van der Waals surface area contributed by atoms with Crippen LogP contribution in [0.5, 0.6) is 0 Å². The average molecular weight is 277 g/mol. The molecule has 0 radical (unpaired) electrons. The van der Waals surface area contributed by atoms with Gasteiger partial charge < -0.3 is 5.73 Å². The molecular formula is C17H27NS. The zero-order valence-electron chi connectivity index (χ0n) is 12.5. The van der Waals surface area contributed by atoms with Gasteiger partial charge in [0.1, 0.15) is 0 Å². The van der Waals surface area contributed by atoms with Crippen LogP contribution in [0.3, 0.4) is 0 Å². The fourth-order valence-electron chi connectivity index (χ4n) is 3.02. The van der Waals surface area contributed by atoms with E-state index in [1.165, 1.54) is 42.4 Å². The monoisotopic (exact) mass is 277 g/mol. The van der Waals surface area contributed by atoms with Crippen LogP contribution < -0.4 is 5.73 Å². The van der Waals surface area contributed by atoms with Crippen molar-refractivity contribution < 1.29 is 0 Å². The molecule has 2 heteroatoms.